The van der Waals surface area contributed by atoms with Crippen molar-refractivity contribution in [2.75, 3.05) is 32.0 Å². The molecule has 0 rings (SSSR count). The fourth-order valence-corrected chi connectivity index (χ4v) is 2.90. The third-order valence-corrected chi connectivity index (χ3v) is 4.22. The topological polar surface area (TPSA) is 107 Å². The molecule has 0 aromatic heterocycles. The Bertz CT molecular complexity index is 396. The summed E-state index contributed by atoms with van der Waals surface area (Å²) < 4.78 is 0. The van der Waals surface area contributed by atoms with Crippen molar-refractivity contribution >= 4 is 43.0 Å². The molecule has 0 saturated carbocycles. The number of rotatable bonds is 14. The molecule has 0 aliphatic heterocycles. The molecule has 0 bridgehead atoms. The van der Waals surface area contributed by atoms with E-state index < -0.39 is 18.5 Å². The molecule has 140 valence electrons. The van der Waals surface area contributed by atoms with Gasteiger partial charge in [-0.05, 0) is 25.0 Å². The molecule has 3 N–H and O–H groups in total. The Morgan fingerprint density at radius 3 is 2.38 bits per heavy atom. The number of carbonyl (C=O) groups excluding carboxylic acids is 2. The van der Waals surface area contributed by atoms with Crippen LogP contribution in [0, 0.1) is 0 Å². The first-order valence-electron chi connectivity index (χ1n) is 8.06. The number of thiol groups is 2. The van der Waals surface area contributed by atoms with Gasteiger partial charge in [-0.1, -0.05) is 6.42 Å². The maximum absolute atomic E-state index is 11.7. The van der Waals surface area contributed by atoms with E-state index in [2.05, 4.69) is 30.6 Å². The van der Waals surface area contributed by atoms with E-state index in [1.165, 1.54) is 4.90 Å². The van der Waals surface area contributed by atoms with E-state index in [1.54, 1.807) is 0 Å². The fraction of sp³-hybridized carbons (Fsp3) is 0.800. The number of carboxylic acids is 1. The number of carbonyl (C=O) groups is 3. The number of hydrogen-bond donors (Lipinski definition) is 5. The fourth-order valence-electron chi connectivity index (χ4n) is 2.07. The van der Waals surface area contributed by atoms with Crippen LogP contribution in [0.2, 0.25) is 0 Å². The predicted molar refractivity (Wildman–Crippen MR) is 98.6 cm³/mol. The number of nitrogens with one attached hydrogen (secondary N) is 1. The van der Waals surface area contributed by atoms with Crippen molar-refractivity contribution in [1.29, 1.82) is 0 Å². The van der Waals surface area contributed by atoms with E-state index in [4.69, 9.17) is 10.2 Å². The van der Waals surface area contributed by atoms with Crippen molar-refractivity contribution in [1.82, 2.24) is 10.2 Å². The Balaban J connectivity index is 3.89. The lowest BCUT2D eigenvalue weighted by Gasteiger charge is -2.21. The standard InChI is InChI=1S/C15H28N2O5S2/c18-11-14(20)17(8-5-15(21)22)9-7-16-13(19)4-2-1-3-12(24)6-10-23/h12,18,23-24H,1-11H2,(H,16,19)(H,21,22). The van der Waals surface area contributed by atoms with Gasteiger partial charge in [-0.2, -0.15) is 25.3 Å². The van der Waals surface area contributed by atoms with E-state index in [9.17, 15) is 14.4 Å². The van der Waals surface area contributed by atoms with Gasteiger partial charge in [0.2, 0.25) is 11.8 Å². The van der Waals surface area contributed by atoms with Crippen molar-refractivity contribution in [3.8, 4) is 0 Å². The van der Waals surface area contributed by atoms with E-state index in [-0.39, 0.29) is 32.0 Å². The predicted octanol–water partition coefficient (Wildman–Crippen LogP) is 0.577. The van der Waals surface area contributed by atoms with Crippen molar-refractivity contribution in [3.05, 3.63) is 0 Å². The number of carboxylic acid groups (broad SMARTS) is 1. The normalized spacial score (nSPS) is 11.8. The van der Waals surface area contributed by atoms with Crippen LogP contribution in [0.3, 0.4) is 0 Å². The molecule has 0 aliphatic carbocycles. The summed E-state index contributed by atoms with van der Waals surface area (Å²) in [6.45, 7) is -0.248. The Labute approximate surface area is 154 Å². The van der Waals surface area contributed by atoms with Crippen molar-refractivity contribution in [2.24, 2.45) is 0 Å². The Kier molecular flexibility index (Phi) is 13.9. The second kappa shape index (κ2) is 14.4. The zero-order chi connectivity index (χ0) is 18.4. The average Bonchev–Trinajstić information content (AvgIpc) is 2.54. The zero-order valence-corrected chi connectivity index (χ0v) is 15.6. The molecular formula is C15H28N2O5S2. The molecule has 0 aromatic carbocycles. The number of aliphatic hydroxyl groups excluding tert-OH is 1. The van der Waals surface area contributed by atoms with Crippen LogP contribution in [0.25, 0.3) is 0 Å². The molecule has 0 aliphatic rings. The van der Waals surface area contributed by atoms with Crippen LogP contribution in [0.5, 0.6) is 0 Å². The maximum atomic E-state index is 11.7. The third-order valence-electron chi connectivity index (χ3n) is 3.44. The molecule has 0 radical (unpaired) electrons. The molecule has 0 spiro atoms. The second-order valence-electron chi connectivity index (χ2n) is 5.44. The van der Waals surface area contributed by atoms with E-state index in [1.807, 2.05) is 0 Å². The molecular weight excluding hydrogens is 352 g/mol. The molecule has 7 nitrogen and oxygen atoms in total. The van der Waals surface area contributed by atoms with Crippen molar-refractivity contribution in [3.63, 3.8) is 0 Å². The first kappa shape index (κ1) is 23.1. The minimum Gasteiger partial charge on any atom is -0.481 e. The molecule has 0 saturated heterocycles. The number of nitrogens with zero attached hydrogens (tertiary/aromatic N) is 1. The average molecular weight is 381 g/mol. The first-order chi connectivity index (χ1) is 11.4. The number of unbranched alkanes of at least 4 members (excludes halogenated alkanes) is 1. The van der Waals surface area contributed by atoms with Crippen LogP contribution in [0.4, 0.5) is 0 Å². The number of hydrogen-bond acceptors (Lipinski definition) is 6. The largest absolute Gasteiger partial charge is 0.481 e. The molecule has 2 amide bonds. The summed E-state index contributed by atoms with van der Waals surface area (Å²) >= 11 is 8.58. The SMILES string of the molecule is O=C(O)CCN(CCNC(=O)CCCCC(S)CCS)C(=O)CO. The minimum absolute atomic E-state index is 0.0130. The van der Waals surface area contributed by atoms with Gasteiger partial charge in [-0.15, -0.1) is 0 Å². The highest BCUT2D eigenvalue weighted by atomic mass is 32.1. The van der Waals surface area contributed by atoms with E-state index >= 15 is 0 Å². The van der Waals surface area contributed by atoms with Crippen LogP contribution < -0.4 is 5.32 Å². The summed E-state index contributed by atoms with van der Waals surface area (Å²) in [5.74, 6) is -0.862. The van der Waals surface area contributed by atoms with Crippen molar-refractivity contribution < 1.29 is 24.6 Å². The lowest BCUT2D eigenvalue weighted by atomic mass is 10.1. The van der Waals surface area contributed by atoms with Gasteiger partial charge in [0.15, 0.2) is 0 Å². The monoisotopic (exact) mass is 380 g/mol. The Morgan fingerprint density at radius 1 is 1.08 bits per heavy atom. The second-order valence-corrected chi connectivity index (χ2v) is 6.62. The van der Waals surface area contributed by atoms with E-state index in [0.29, 0.717) is 11.7 Å². The molecule has 0 aromatic rings. The van der Waals surface area contributed by atoms with Crippen molar-refractivity contribution in [2.45, 2.75) is 43.8 Å². The number of aliphatic carboxylic acids is 1. The highest BCUT2D eigenvalue weighted by Gasteiger charge is 2.14. The first-order valence-corrected chi connectivity index (χ1v) is 9.21. The van der Waals surface area contributed by atoms with E-state index in [0.717, 1.165) is 31.4 Å². The maximum Gasteiger partial charge on any atom is 0.305 e. The highest BCUT2D eigenvalue weighted by molar-refractivity contribution is 7.81. The molecule has 0 heterocycles. The summed E-state index contributed by atoms with van der Waals surface area (Å²) in [7, 11) is 0. The summed E-state index contributed by atoms with van der Waals surface area (Å²) in [6, 6.07) is 0. The molecule has 24 heavy (non-hydrogen) atoms. The smallest absolute Gasteiger partial charge is 0.305 e. The highest BCUT2D eigenvalue weighted by Crippen LogP contribution is 2.12. The Morgan fingerprint density at radius 2 is 1.79 bits per heavy atom. The van der Waals surface area contributed by atoms with Gasteiger partial charge in [0, 0.05) is 31.3 Å². The van der Waals surface area contributed by atoms with Crippen LogP contribution in [-0.4, -0.2) is 70.1 Å². The summed E-state index contributed by atoms with van der Waals surface area (Å²) in [4.78, 5) is 35.0. The van der Waals surface area contributed by atoms with Gasteiger partial charge in [0.25, 0.3) is 0 Å². The quantitative estimate of drug-likeness (QED) is 0.224. The summed E-state index contributed by atoms with van der Waals surface area (Å²) in [6.07, 6.45) is 3.80. The van der Waals surface area contributed by atoms with Gasteiger partial charge < -0.3 is 20.4 Å². The van der Waals surface area contributed by atoms with Gasteiger partial charge >= 0.3 is 5.97 Å². The van der Waals surface area contributed by atoms with Crippen LogP contribution >= 0.6 is 25.3 Å². The van der Waals surface area contributed by atoms with Gasteiger partial charge in [0.1, 0.15) is 6.61 Å². The van der Waals surface area contributed by atoms with Gasteiger partial charge in [-0.3, -0.25) is 14.4 Å². The molecule has 1 atom stereocenters. The number of amides is 2. The summed E-state index contributed by atoms with van der Waals surface area (Å²) in [5, 5.41) is 20.5. The zero-order valence-electron chi connectivity index (χ0n) is 13.8. The van der Waals surface area contributed by atoms with Crippen LogP contribution in [0.1, 0.15) is 38.5 Å². The molecule has 0 fully saturated rings. The van der Waals surface area contributed by atoms with Crippen LogP contribution in [0.15, 0.2) is 0 Å². The molecule has 1 unspecified atom stereocenters. The third kappa shape index (κ3) is 12.5. The minimum atomic E-state index is -1.02. The Hall–Kier alpha value is -0.930. The lowest BCUT2D eigenvalue weighted by molar-refractivity contribution is -0.139. The van der Waals surface area contributed by atoms with Gasteiger partial charge in [-0.25, -0.2) is 0 Å². The molecule has 9 heteroatoms. The lowest BCUT2D eigenvalue weighted by Crippen LogP contribution is -2.40. The van der Waals surface area contributed by atoms with Gasteiger partial charge in [0.05, 0.1) is 6.42 Å². The van der Waals surface area contributed by atoms with Crippen LogP contribution in [-0.2, 0) is 14.4 Å². The number of aliphatic hydroxyl groups is 1. The summed E-state index contributed by atoms with van der Waals surface area (Å²) in [5.41, 5.74) is 0.